The molecule has 2 aromatic carbocycles. The smallest absolute Gasteiger partial charge is 0.174 e. The molecule has 7 heteroatoms. The Balaban J connectivity index is 1.60. The minimum absolute atomic E-state index is 0.172. The number of hydrogen-bond acceptors (Lipinski definition) is 5. The molecule has 2 aromatic rings. The Kier molecular flexibility index (Phi) is 8.62. The minimum Gasteiger partial charge on any atom is -0.490 e. The van der Waals surface area contributed by atoms with Gasteiger partial charge in [-0.05, 0) is 97.0 Å². The van der Waals surface area contributed by atoms with E-state index in [1.165, 1.54) is 0 Å². The second kappa shape index (κ2) is 11.9. The zero-order valence-corrected chi connectivity index (χ0v) is 25.7. The van der Waals surface area contributed by atoms with Crippen LogP contribution in [0.1, 0.15) is 75.8 Å². The monoisotopic (exact) mass is 689 g/mol. The fourth-order valence-electron chi connectivity index (χ4n) is 5.94. The van der Waals surface area contributed by atoms with Crippen LogP contribution in [0.4, 0.5) is 0 Å². The second-order valence-corrected chi connectivity index (χ2v) is 12.1. The first-order valence-electron chi connectivity index (χ1n) is 13.6. The number of ether oxygens (including phenoxy) is 2. The van der Waals surface area contributed by atoms with Gasteiger partial charge in [-0.25, -0.2) is 0 Å². The molecular formula is C31H33BrINO4. The van der Waals surface area contributed by atoms with Gasteiger partial charge in [-0.1, -0.05) is 35.0 Å². The molecule has 0 radical (unpaired) electrons. The fourth-order valence-corrected chi connectivity index (χ4v) is 6.98. The predicted molar refractivity (Wildman–Crippen MR) is 160 cm³/mol. The van der Waals surface area contributed by atoms with Gasteiger partial charge >= 0.3 is 0 Å². The molecule has 3 aliphatic rings. The number of rotatable bonds is 8. The van der Waals surface area contributed by atoms with Crippen molar-refractivity contribution in [1.29, 1.82) is 0 Å². The molecule has 0 atom stereocenters. The number of allylic oxidation sites excluding steroid dienone is 4. The molecule has 0 saturated carbocycles. The first kappa shape index (κ1) is 27.4. The molecular weight excluding hydrogens is 657 g/mol. The highest BCUT2D eigenvalue weighted by atomic mass is 127. The second-order valence-electron chi connectivity index (χ2n) is 10.0. The van der Waals surface area contributed by atoms with Gasteiger partial charge in [0.05, 0.1) is 10.2 Å². The van der Waals surface area contributed by atoms with Crippen molar-refractivity contribution >= 4 is 50.1 Å². The quantitative estimate of drug-likeness (QED) is 0.264. The summed E-state index contributed by atoms with van der Waals surface area (Å²) in [6.07, 6.45) is 5.54. The molecule has 2 aliphatic carbocycles. The number of halogens is 2. The van der Waals surface area contributed by atoms with Crippen molar-refractivity contribution in [3.05, 3.63) is 78.1 Å². The Labute approximate surface area is 246 Å². The van der Waals surface area contributed by atoms with Crippen molar-refractivity contribution in [2.45, 2.75) is 71.3 Å². The van der Waals surface area contributed by atoms with Crippen LogP contribution in [0.5, 0.6) is 11.5 Å². The van der Waals surface area contributed by atoms with Crippen molar-refractivity contribution in [1.82, 2.24) is 4.90 Å². The maximum atomic E-state index is 13.5. The molecule has 1 aliphatic heterocycles. The average molecular weight is 690 g/mol. The van der Waals surface area contributed by atoms with E-state index in [1.807, 2.05) is 37.3 Å². The Morgan fingerprint density at radius 3 is 2.13 bits per heavy atom. The lowest BCUT2D eigenvalue weighted by Gasteiger charge is -2.44. The summed E-state index contributed by atoms with van der Waals surface area (Å²) in [4.78, 5) is 29.3. The molecule has 5 rings (SSSR count). The number of benzene rings is 2. The normalized spacial score (nSPS) is 18.1. The van der Waals surface area contributed by atoms with Crippen molar-refractivity contribution in [2.24, 2.45) is 0 Å². The van der Waals surface area contributed by atoms with Gasteiger partial charge in [-0.2, -0.15) is 0 Å². The first-order chi connectivity index (χ1) is 18.4. The summed E-state index contributed by atoms with van der Waals surface area (Å²) in [5.74, 6) is 1.34. The largest absolute Gasteiger partial charge is 0.490 e. The fraction of sp³-hybridized carbons (Fsp3) is 0.419. The third kappa shape index (κ3) is 5.33. The summed E-state index contributed by atoms with van der Waals surface area (Å²) in [7, 11) is 0. The Bertz CT molecular complexity index is 1270. The molecule has 0 fully saturated rings. The van der Waals surface area contributed by atoms with Crippen LogP contribution in [0.15, 0.2) is 63.4 Å². The third-order valence-corrected chi connectivity index (χ3v) is 8.83. The van der Waals surface area contributed by atoms with Crippen LogP contribution in [-0.2, 0) is 16.2 Å². The van der Waals surface area contributed by atoms with Crippen molar-refractivity contribution in [2.75, 3.05) is 13.2 Å². The summed E-state index contributed by atoms with van der Waals surface area (Å²) in [5, 5.41) is 0. The van der Waals surface area contributed by atoms with Crippen LogP contribution in [0.3, 0.4) is 0 Å². The van der Waals surface area contributed by atoms with E-state index in [9.17, 15) is 9.59 Å². The van der Waals surface area contributed by atoms with Gasteiger partial charge in [-0.15, -0.1) is 0 Å². The summed E-state index contributed by atoms with van der Waals surface area (Å²) in [5.41, 5.74) is 5.90. The van der Waals surface area contributed by atoms with Gasteiger partial charge in [0.15, 0.2) is 23.1 Å². The summed E-state index contributed by atoms with van der Waals surface area (Å²) in [6, 6.07) is 12.1. The average Bonchev–Trinajstić information content (AvgIpc) is 2.90. The van der Waals surface area contributed by atoms with E-state index in [0.29, 0.717) is 37.6 Å². The Hall–Kier alpha value is -2.13. The summed E-state index contributed by atoms with van der Waals surface area (Å²) in [6.45, 7) is 5.86. The highest BCUT2D eigenvalue weighted by Crippen LogP contribution is 2.50. The van der Waals surface area contributed by atoms with Crippen molar-refractivity contribution < 1.29 is 19.1 Å². The number of nitrogens with zero attached hydrogens (tertiary/aromatic N) is 1. The molecule has 200 valence electrons. The molecule has 0 spiro atoms. The molecule has 0 unspecified atom stereocenters. The Morgan fingerprint density at radius 1 is 0.921 bits per heavy atom. The van der Waals surface area contributed by atoms with E-state index >= 15 is 0 Å². The van der Waals surface area contributed by atoms with Crippen LogP contribution < -0.4 is 9.47 Å². The number of carbonyl (C=O) groups excluding carboxylic acids is 2. The molecule has 0 aromatic heterocycles. The van der Waals surface area contributed by atoms with Gasteiger partial charge in [0.25, 0.3) is 0 Å². The van der Waals surface area contributed by atoms with Gasteiger partial charge in [-0.3, -0.25) is 9.59 Å². The summed E-state index contributed by atoms with van der Waals surface area (Å²) >= 11 is 5.77. The molecule has 0 bridgehead atoms. The van der Waals surface area contributed by atoms with E-state index < -0.39 is 0 Å². The molecule has 5 nitrogen and oxygen atoms in total. The molecule has 0 N–H and O–H groups in total. The first-order valence-corrected chi connectivity index (χ1v) is 15.4. The van der Waals surface area contributed by atoms with Crippen LogP contribution in [0.2, 0.25) is 0 Å². The zero-order chi connectivity index (χ0) is 26.8. The van der Waals surface area contributed by atoms with Crippen LogP contribution in [-0.4, -0.2) is 29.6 Å². The molecule has 1 heterocycles. The SMILES string of the molecule is CCCN1C2=C(C(=O)CCC2)C(c2cc(I)c(OCc3ccc(Br)cc3)c(OCC)c2)C2=C1CCCC2=O. The number of hydrogen-bond donors (Lipinski definition) is 0. The van der Waals surface area contributed by atoms with Gasteiger partial charge in [0.2, 0.25) is 0 Å². The van der Waals surface area contributed by atoms with E-state index in [-0.39, 0.29) is 17.5 Å². The van der Waals surface area contributed by atoms with Crippen molar-refractivity contribution in [3.63, 3.8) is 0 Å². The van der Waals surface area contributed by atoms with E-state index in [4.69, 9.17) is 9.47 Å². The zero-order valence-electron chi connectivity index (χ0n) is 21.9. The minimum atomic E-state index is -0.345. The van der Waals surface area contributed by atoms with E-state index in [1.54, 1.807) is 0 Å². The van der Waals surface area contributed by atoms with Crippen LogP contribution >= 0.6 is 38.5 Å². The predicted octanol–water partition coefficient (Wildman–Crippen LogP) is 7.85. The maximum Gasteiger partial charge on any atom is 0.174 e. The standard InChI is InChI=1S/C31H33BrINO4/c1-3-15-34-23-7-5-9-25(35)29(23)28(30-24(34)8-6-10-26(30)36)20-16-22(33)31(27(17-20)37-4-2)38-18-19-11-13-21(32)14-12-19/h11-14,16-17,28H,3-10,15,18H2,1-2H3. The third-order valence-electron chi connectivity index (χ3n) is 7.50. The van der Waals surface area contributed by atoms with Gasteiger partial charge < -0.3 is 14.4 Å². The number of ketones is 2. The maximum absolute atomic E-state index is 13.5. The van der Waals surface area contributed by atoms with Crippen LogP contribution in [0.25, 0.3) is 0 Å². The van der Waals surface area contributed by atoms with Crippen molar-refractivity contribution in [3.8, 4) is 11.5 Å². The highest BCUT2D eigenvalue weighted by Gasteiger charge is 2.43. The van der Waals surface area contributed by atoms with Crippen LogP contribution in [0, 0.1) is 3.57 Å². The highest BCUT2D eigenvalue weighted by molar-refractivity contribution is 14.1. The number of carbonyl (C=O) groups is 2. The molecule has 38 heavy (non-hydrogen) atoms. The van der Waals surface area contributed by atoms with E-state index in [2.05, 4.69) is 56.4 Å². The molecule has 0 amide bonds. The Morgan fingerprint density at radius 2 is 1.55 bits per heavy atom. The van der Waals surface area contributed by atoms with Gasteiger partial charge in [0.1, 0.15) is 6.61 Å². The number of Topliss-reactive ketones (excluding diaryl/α,β-unsaturated/α-hetero) is 2. The summed E-state index contributed by atoms with van der Waals surface area (Å²) < 4.78 is 14.3. The van der Waals surface area contributed by atoms with E-state index in [0.717, 1.165) is 80.4 Å². The lowest BCUT2D eigenvalue weighted by molar-refractivity contribution is -0.117. The van der Waals surface area contributed by atoms with Gasteiger partial charge in [0, 0.05) is 52.3 Å². The lowest BCUT2D eigenvalue weighted by atomic mass is 9.71. The molecule has 0 saturated heterocycles. The lowest BCUT2D eigenvalue weighted by Crippen LogP contribution is -2.39. The topological polar surface area (TPSA) is 55.8 Å².